The predicted molar refractivity (Wildman–Crippen MR) is 86.5 cm³/mol. The maximum atomic E-state index is 12.5. The number of nitrogens with zero attached hydrogens (tertiary/aromatic N) is 2. The Labute approximate surface area is 137 Å². The van der Waals surface area contributed by atoms with Gasteiger partial charge in [0.25, 0.3) is 0 Å². The van der Waals surface area contributed by atoms with Crippen molar-refractivity contribution in [2.45, 2.75) is 19.8 Å². The predicted octanol–water partition coefficient (Wildman–Crippen LogP) is 1.93. The van der Waals surface area contributed by atoms with Gasteiger partial charge in [0.15, 0.2) is 0 Å². The van der Waals surface area contributed by atoms with Crippen molar-refractivity contribution in [3.63, 3.8) is 0 Å². The molecule has 0 bridgehead atoms. The van der Waals surface area contributed by atoms with Gasteiger partial charge in [0, 0.05) is 26.2 Å². The van der Waals surface area contributed by atoms with Gasteiger partial charge in [-0.1, -0.05) is 12.1 Å². The molecule has 1 saturated heterocycles. The first-order chi connectivity index (χ1) is 11.1. The summed E-state index contributed by atoms with van der Waals surface area (Å²) in [6.07, 6.45) is 0.814. The van der Waals surface area contributed by atoms with Gasteiger partial charge in [0.1, 0.15) is 5.75 Å². The van der Waals surface area contributed by atoms with Crippen molar-refractivity contribution >= 4 is 12.0 Å². The molecule has 1 fully saturated rings. The van der Waals surface area contributed by atoms with Crippen LogP contribution in [0.2, 0.25) is 0 Å². The molecule has 0 unspecified atom stereocenters. The Morgan fingerprint density at radius 3 is 2.61 bits per heavy atom. The molecule has 1 aromatic carbocycles. The summed E-state index contributed by atoms with van der Waals surface area (Å²) in [6.45, 7) is 4.51. The van der Waals surface area contributed by atoms with Crippen LogP contribution in [0, 0.1) is 0 Å². The van der Waals surface area contributed by atoms with Gasteiger partial charge in [0.05, 0.1) is 20.1 Å². The molecule has 0 saturated carbocycles. The minimum atomic E-state index is -0.297. The third-order valence-electron chi connectivity index (χ3n) is 3.86. The lowest BCUT2D eigenvalue weighted by Crippen LogP contribution is -2.38. The molecule has 6 heteroatoms. The zero-order valence-corrected chi connectivity index (χ0v) is 13.8. The van der Waals surface area contributed by atoms with Crippen LogP contribution in [0.4, 0.5) is 4.79 Å². The summed E-state index contributed by atoms with van der Waals surface area (Å²) in [5, 5.41) is 0. The Bertz CT molecular complexity index is 547. The third-order valence-corrected chi connectivity index (χ3v) is 3.86. The first-order valence-corrected chi connectivity index (χ1v) is 7.96. The molecule has 6 nitrogen and oxygen atoms in total. The van der Waals surface area contributed by atoms with Crippen molar-refractivity contribution < 1.29 is 19.1 Å². The molecule has 0 radical (unpaired) electrons. The van der Waals surface area contributed by atoms with E-state index in [-0.39, 0.29) is 12.0 Å². The molecular formula is C17H24N2O4. The summed E-state index contributed by atoms with van der Waals surface area (Å²) < 4.78 is 10.2. The zero-order valence-electron chi connectivity index (χ0n) is 13.8. The van der Waals surface area contributed by atoms with Crippen molar-refractivity contribution in [2.24, 2.45) is 0 Å². The van der Waals surface area contributed by atoms with Crippen LogP contribution in [-0.2, 0) is 16.0 Å². The smallest absolute Gasteiger partial charge is 0.409 e. The molecule has 2 amide bonds. The molecule has 0 N–H and O–H groups in total. The van der Waals surface area contributed by atoms with Crippen LogP contribution in [0.1, 0.15) is 18.9 Å². The zero-order chi connectivity index (χ0) is 16.7. The van der Waals surface area contributed by atoms with Crippen molar-refractivity contribution in [2.75, 3.05) is 39.9 Å². The number of hydrogen-bond donors (Lipinski definition) is 0. The van der Waals surface area contributed by atoms with Crippen molar-refractivity contribution in [3.05, 3.63) is 29.8 Å². The average Bonchev–Trinajstić information content (AvgIpc) is 2.81. The van der Waals surface area contributed by atoms with Gasteiger partial charge >= 0.3 is 6.09 Å². The van der Waals surface area contributed by atoms with E-state index >= 15 is 0 Å². The third kappa shape index (κ3) is 4.87. The number of ether oxygens (including phenoxy) is 2. The monoisotopic (exact) mass is 320 g/mol. The van der Waals surface area contributed by atoms with E-state index in [1.807, 2.05) is 29.2 Å². The molecule has 0 spiro atoms. The molecule has 1 aliphatic rings. The van der Waals surface area contributed by atoms with Crippen LogP contribution >= 0.6 is 0 Å². The van der Waals surface area contributed by atoms with Gasteiger partial charge in [-0.05, 0) is 31.0 Å². The molecule has 0 atom stereocenters. The highest BCUT2D eigenvalue weighted by atomic mass is 16.6. The number of hydrogen-bond acceptors (Lipinski definition) is 4. The Morgan fingerprint density at radius 1 is 1.13 bits per heavy atom. The summed E-state index contributed by atoms with van der Waals surface area (Å²) in [5.41, 5.74) is 0.931. The van der Waals surface area contributed by atoms with Gasteiger partial charge < -0.3 is 19.3 Å². The lowest BCUT2D eigenvalue weighted by molar-refractivity contribution is -0.130. The molecule has 126 valence electrons. The van der Waals surface area contributed by atoms with E-state index in [0.717, 1.165) is 17.7 Å². The number of carbonyl (C=O) groups is 2. The Hall–Kier alpha value is -2.24. The molecule has 2 rings (SSSR count). The molecule has 0 aromatic heterocycles. The molecular weight excluding hydrogens is 296 g/mol. The van der Waals surface area contributed by atoms with Crippen LogP contribution in [-0.4, -0.2) is 61.7 Å². The molecule has 1 aliphatic heterocycles. The maximum Gasteiger partial charge on any atom is 0.409 e. The lowest BCUT2D eigenvalue weighted by atomic mass is 10.1. The second kappa shape index (κ2) is 8.41. The number of amides is 2. The number of methoxy groups -OCH3 is 1. The SMILES string of the molecule is CCOC(=O)N1CCCN(C(=O)Cc2cccc(OC)c2)CC1. The Kier molecular flexibility index (Phi) is 6.26. The summed E-state index contributed by atoms with van der Waals surface area (Å²) in [7, 11) is 1.61. The van der Waals surface area contributed by atoms with Gasteiger partial charge in [-0.3, -0.25) is 4.79 Å². The van der Waals surface area contributed by atoms with Crippen LogP contribution in [0.15, 0.2) is 24.3 Å². The minimum Gasteiger partial charge on any atom is -0.497 e. The molecule has 0 aliphatic carbocycles. The van der Waals surface area contributed by atoms with Crippen molar-refractivity contribution in [1.29, 1.82) is 0 Å². The van der Waals surface area contributed by atoms with Crippen LogP contribution in [0.3, 0.4) is 0 Å². The van der Waals surface area contributed by atoms with E-state index in [4.69, 9.17) is 9.47 Å². The summed E-state index contributed by atoms with van der Waals surface area (Å²) >= 11 is 0. The lowest BCUT2D eigenvalue weighted by Gasteiger charge is -2.21. The number of carbonyl (C=O) groups excluding carboxylic acids is 2. The van der Waals surface area contributed by atoms with Gasteiger partial charge in [-0.25, -0.2) is 4.79 Å². The molecule has 1 heterocycles. The maximum absolute atomic E-state index is 12.5. The average molecular weight is 320 g/mol. The highest BCUT2D eigenvalue weighted by molar-refractivity contribution is 5.79. The van der Waals surface area contributed by atoms with E-state index in [2.05, 4.69) is 0 Å². The standard InChI is InChI=1S/C17H24N2O4/c1-3-23-17(21)19-9-5-8-18(10-11-19)16(20)13-14-6-4-7-15(12-14)22-2/h4,6-7,12H,3,5,8-11,13H2,1-2H3. The topological polar surface area (TPSA) is 59.1 Å². The summed E-state index contributed by atoms with van der Waals surface area (Å²) in [4.78, 5) is 27.7. The van der Waals surface area contributed by atoms with Crippen LogP contribution in [0.5, 0.6) is 5.75 Å². The van der Waals surface area contributed by atoms with E-state index in [0.29, 0.717) is 39.2 Å². The quantitative estimate of drug-likeness (QED) is 0.850. The van der Waals surface area contributed by atoms with E-state index < -0.39 is 0 Å². The molecule has 23 heavy (non-hydrogen) atoms. The summed E-state index contributed by atoms with van der Waals surface area (Å²) in [5.74, 6) is 0.823. The van der Waals surface area contributed by atoms with E-state index in [1.165, 1.54) is 0 Å². The van der Waals surface area contributed by atoms with Crippen molar-refractivity contribution in [1.82, 2.24) is 9.80 Å². The van der Waals surface area contributed by atoms with Gasteiger partial charge in [-0.15, -0.1) is 0 Å². The van der Waals surface area contributed by atoms with Crippen molar-refractivity contribution in [3.8, 4) is 5.75 Å². The first-order valence-electron chi connectivity index (χ1n) is 7.96. The largest absolute Gasteiger partial charge is 0.497 e. The fourth-order valence-corrected chi connectivity index (χ4v) is 2.63. The van der Waals surface area contributed by atoms with Crippen LogP contribution in [0.25, 0.3) is 0 Å². The number of rotatable bonds is 4. The highest BCUT2D eigenvalue weighted by Crippen LogP contribution is 2.14. The highest BCUT2D eigenvalue weighted by Gasteiger charge is 2.22. The minimum absolute atomic E-state index is 0.0731. The fraction of sp³-hybridized carbons (Fsp3) is 0.529. The van der Waals surface area contributed by atoms with E-state index in [9.17, 15) is 9.59 Å². The van der Waals surface area contributed by atoms with Gasteiger partial charge in [0.2, 0.25) is 5.91 Å². The molecule has 1 aromatic rings. The second-order valence-corrected chi connectivity index (χ2v) is 5.45. The second-order valence-electron chi connectivity index (χ2n) is 5.45. The Balaban J connectivity index is 1.91. The van der Waals surface area contributed by atoms with Gasteiger partial charge in [-0.2, -0.15) is 0 Å². The number of benzene rings is 1. The first kappa shape index (κ1) is 17.1. The normalized spacial score (nSPS) is 15.0. The fourth-order valence-electron chi connectivity index (χ4n) is 2.63. The van der Waals surface area contributed by atoms with Crippen LogP contribution < -0.4 is 4.74 Å². The Morgan fingerprint density at radius 2 is 1.87 bits per heavy atom. The van der Waals surface area contributed by atoms with E-state index in [1.54, 1.807) is 18.9 Å². The summed E-state index contributed by atoms with van der Waals surface area (Å²) in [6, 6.07) is 7.54.